The predicted molar refractivity (Wildman–Crippen MR) is 129 cm³/mol. The molecule has 35 heavy (non-hydrogen) atoms. The van der Waals surface area contributed by atoms with E-state index in [1.54, 1.807) is 6.07 Å². The molecule has 6 heteroatoms. The summed E-state index contributed by atoms with van der Waals surface area (Å²) in [6.45, 7) is 6.07. The van der Waals surface area contributed by atoms with E-state index in [9.17, 15) is 18.7 Å². The van der Waals surface area contributed by atoms with Gasteiger partial charge in [0, 0.05) is 22.5 Å². The van der Waals surface area contributed by atoms with Gasteiger partial charge < -0.3 is 19.6 Å². The van der Waals surface area contributed by atoms with E-state index in [0.717, 1.165) is 45.8 Å². The van der Waals surface area contributed by atoms with Crippen LogP contribution in [0.5, 0.6) is 5.75 Å². The zero-order valence-corrected chi connectivity index (χ0v) is 19.4. The maximum Gasteiger partial charge on any atom is 0.135 e. The molecular weight excluding hydrogens is 448 g/mol. The van der Waals surface area contributed by atoms with Crippen molar-refractivity contribution < 1.29 is 23.4 Å². The second kappa shape index (κ2) is 8.24. The molecule has 176 valence electrons. The van der Waals surface area contributed by atoms with Crippen molar-refractivity contribution in [3.8, 4) is 28.3 Å². The van der Waals surface area contributed by atoms with E-state index in [-0.39, 0.29) is 5.56 Å². The number of aromatic amines is 1. The van der Waals surface area contributed by atoms with E-state index in [1.807, 2.05) is 45.0 Å². The molecule has 0 bridgehead atoms. The number of carboxylic acid groups (broad SMARTS) is 1. The maximum atomic E-state index is 14.2. The number of hydrogen-bond donors (Lipinski definition) is 1. The number of hydrogen-bond acceptors (Lipinski definition) is 3. The molecule has 1 aliphatic heterocycles. The Labute approximate surface area is 201 Å². The molecule has 0 radical (unpaired) electrons. The molecule has 1 N–H and O–H groups in total. The van der Waals surface area contributed by atoms with Gasteiger partial charge in [-0.2, -0.15) is 0 Å². The largest absolute Gasteiger partial charge is 0.545 e. The monoisotopic (exact) mass is 470 g/mol. The number of rotatable bonds is 4. The summed E-state index contributed by atoms with van der Waals surface area (Å²) in [6.07, 6.45) is 2.11. The molecule has 0 amide bonds. The lowest BCUT2D eigenvalue weighted by Crippen LogP contribution is -2.29. The number of benzene rings is 3. The molecule has 4 aromatic rings. The van der Waals surface area contributed by atoms with Crippen LogP contribution < -0.4 is 9.84 Å². The van der Waals surface area contributed by atoms with Gasteiger partial charge in [-0.15, -0.1) is 0 Å². The van der Waals surface area contributed by atoms with Crippen LogP contribution in [0.1, 0.15) is 40.9 Å². The number of carbonyl (C=O) groups is 1. The van der Waals surface area contributed by atoms with Crippen LogP contribution in [-0.2, 0) is 0 Å². The van der Waals surface area contributed by atoms with Crippen LogP contribution >= 0.6 is 0 Å². The van der Waals surface area contributed by atoms with E-state index < -0.39 is 28.8 Å². The van der Waals surface area contributed by atoms with Crippen LogP contribution in [0.25, 0.3) is 28.1 Å². The van der Waals surface area contributed by atoms with Gasteiger partial charge in [-0.25, -0.2) is 8.78 Å². The number of fused-ring (bicyclic) bond motifs is 1. The van der Waals surface area contributed by atoms with Crippen LogP contribution in [0.2, 0.25) is 0 Å². The number of aromatic carboxylic acids is 1. The van der Waals surface area contributed by atoms with E-state index in [2.05, 4.69) is 35.3 Å². The van der Waals surface area contributed by atoms with Crippen LogP contribution in [0, 0.1) is 18.6 Å². The summed E-state index contributed by atoms with van der Waals surface area (Å²) in [4.78, 5) is 14.1. The second-order valence-corrected chi connectivity index (χ2v) is 9.23. The highest BCUT2D eigenvalue weighted by Crippen LogP contribution is 2.41. The number of aromatic nitrogens is 1. The number of halogens is 2. The summed E-state index contributed by atoms with van der Waals surface area (Å²) >= 11 is 0. The van der Waals surface area contributed by atoms with Crippen molar-refractivity contribution in [2.45, 2.75) is 26.4 Å². The van der Waals surface area contributed by atoms with Gasteiger partial charge in [-0.3, -0.25) is 0 Å². The Bertz CT molecular complexity index is 1470. The highest BCUT2D eigenvalue weighted by atomic mass is 19.1. The minimum absolute atomic E-state index is 0.194. The molecule has 0 fully saturated rings. The lowest BCUT2D eigenvalue weighted by molar-refractivity contribution is -0.255. The molecule has 3 aromatic carbocycles. The number of carbonyl (C=O) groups excluding carboxylic acids is 1. The lowest BCUT2D eigenvalue weighted by Gasteiger charge is -2.31. The average Bonchev–Trinajstić information content (AvgIpc) is 3.28. The third-order valence-corrected chi connectivity index (χ3v) is 6.05. The van der Waals surface area contributed by atoms with E-state index in [1.165, 1.54) is 5.56 Å². The SMILES string of the molecule is Cc1ccc(C2=CC(C)(C)Oc3ccc(-c4ccc(-c5cc(F)c(C(=O)[O-])c(F)c5)[nH]4)cc32)cc1. The molecule has 1 aromatic heterocycles. The van der Waals surface area contributed by atoms with E-state index in [0.29, 0.717) is 5.69 Å². The van der Waals surface area contributed by atoms with Gasteiger partial charge in [0.2, 0.25) is 0 Å². The van der Waals surface area contributed by atoms with Gasteiger partial charge in [-0.05, 0) is 86.0 Å². The topological polar surface area (TPSA) is 65.2 Å². The van der Waals surface area contributed by atoms with Crippen LogP contribution in [0.4, 0.5) is 8.78 Å². The normalized spacial score (nSPS) is 14.1. The van der Waals surface area contributed by atoms with Gasteiger partial charge in [-0.1, -0.05) is 29.8 Å². The fourth-order valence-electron chi connectivity index (χ4n) is 4.36. The summed E-state index contributed by atoms with van der Waals surface area (Å²) < 4.78 is 34.5. The Kier molecular flexibility index (Phi) is 5.32. The molecule has 5 rings (SSSR count). The van der Waals surface area contributed by atoms with Crippen LogP contribution in [0.15, 0.2) is 72.8 Å². The van der Waals surface area contributed by atoms with Gasteiger partial charge >= 0.3 is 0 Å². The molecule has 0 saturated carbocycles. The van der Waals surface area contributed by atoms with Crippen molar-refractivity contribution in [2.75, 3.05) is 0 Å². The first-order chi connectivity index (χ1) is 16.6. The third-order valence-electron chi connectivity index (χ3n) is 6.05. The molecular formula is C29H22F2NO3-. The van der Waals surface area contributed by atoms with Crippen molar-refractivity contribution in [1.82, 2.24) is 4.98 Å². The highest BCUT2D eigenvalue weighted by Gasteiger charge is 2.27. The molecule has 4 nitrogen and oxygen atoms in total. The molecule has 0 aliphatic carbocycles. The number of ether oxygens (including phenoxy) is 1. The average molecular weight is 470 g/mol. The molecule has 0 atom stereocenters. The van der Waals surface area contributed by atoms with Crippen molar-refractivity contribution in [2.24, 2.45) is 0 Å². The van der Waals surface area contributed by atoms with Crippen molar-refractivity contribution in [1.29, 1.82) is 0 Å². The van der Waals surface area contributed by atoms with Gasteiger partial charge in [0.05, 0.1) is 11.5 Å². The van der Waals surface area contributed by atoms with Gasteiger partial charge in [0.1, 0.15) is 23.0 Å². The van der Waals surface area contributed by atoms with Gasteiger partial charge in [0.15, 0.2) is 0 Å². The quantitative estimate of drug-likeness (QED) is 0.404. The minimum Gasteiger partial charge on any atom is -0.545 e. The Morgan fingerprint density at radius 1 is 0.857 bits per heavy atom. The Balaban J connectivity index is 1.55. The molecule has 2 heterocycles. The summed E-state index contributed by atoms with van der Waals surface area (Å²) in [6, 6.07) is 19.6. The van der Waals surface area contributed by atoms with E-state index in [4.69, 9.17) is 4.74 Å². The summed E-state index contributed by atoms with van der Waals surface area (Å²) in [5.41, 5.74) is 4.96. The van der Waals surface area contributed by atoms with Crippen molar-refractivity contribution in [3.63, 3.8) is 0 Å². The van der Waals surface area contributed by atoms with Crippen molar-refractivity contribution >= 4 is 11.5 Å². The van der Waals surface area contributed by atoms with Crippen LogP contribution in [-0.4, -0.2) is 16.6 Å². The summed E-state index contributed by atoms with van der Waals surface area (Å²) in [5, 5.41) is 11.0. The zero-order valence-electron chi connectivity index (χ0n) is 19.4. The van der Waals surface area contributed by atoms with Crippen molar-refractivity contribution in [3.05, 3.63) is 107 Å². The first-order valence-electron chi connectivity index (χ1n) is 11.1. The summed E-state index contributed by atoms with van der Waals surface area (Å²) in [7, 11) is 0. The fourth-order valence-corrected chi connectivity index (χ4v) is 4.36. The number of carboxylic acids is 1. The first kappa shape index (κ1) is 22.6. The molecule has 0 saturated heterocycles. The number of aryl methyl sites for hydroxylation is 1. The van der Waals surface area contributed by atoms with Gasteiger partial charge in [0.25, 0.3) is 0 Å². The standard InChI is InChI=1S/C29H23F2NO3/c1-16-4-6-17(7-5-16)21-15-29(2,3)35-26-11-8-18(12-20(21)26)24-9-10-25(32-24)19-13-22(30)27(28(33)34)23(31)14-19/h4-15,32H,1-3H3,(H,33,34)/p-1. The number of H-pyrrole nitrogens is 1. The molecule has 0 spiro atoms. The Morgan fingerprint density at radius 2 is 1.46 bits per heavy atom. The minimum atomic E-state index is -1.89. The van der Waals surface area contributed by atoms with E-state index >= 15 is 0 Å². The third kappa shape index (κ3) is 4.23. The smallest absolute Gasteiger partial charge is 0.135 e. The van der Waals surface area contributed by atoms with Crippen LogP contribution in [0.3, 0.4) is 0 Å². The molecule has 0 unspecified atom stereocenters. The predicted octanol–water partition coefficient (Wildman–Crippen LogP) is 5.90. The highest BCUT2D eigenvalue weighted by molar-refractivity contribution is 5.88. The Hall–Kier alpha value is -4.19. The number of nitrogens with one attached hydrogen (secondary N) is 1. The molecule has 1 aliphatic rings. The zero-order chi connectivity index (χ0) is 24.9. The Morgan fingerprint density at radius 3 is 2.09 bits per heavy atom. The summed E-state index contributed by atoms with van der Waals surface area (Å²) in [5.74, 6) is -3.49. The fraction of sp³-hybridized carbons (Fsp3) is 0.138. The maximum absolute atomic E-state index is 14.2. The first-order valence-corrected chi connectivity index (χ1v) is 11.1. The lowest BCUT2D eigenvalue weighted by atomic mass is 9.88. The second-order valence-electron chi connectivity index (χ2n) is 9.23.